The summed E-state index contributed by atoms with van der Waals surface area (Å²) >= 11 is 1.72. The van der Waals surface area contributed by atoms with Crippen LogP contribution in [0.2, 0.25) is 0 Å². The van der Waals surface area contributed by atoms with Gasteiger partial charge in [-0.05, 0) is 30.5 Å². The summed E-state index contributed by atoms with van der Waals surface area (Å²) in [6.07, 6.45) is 6.90. The van der Waals surface area contributed by atoms with Crippen LogP contribution in [0.4, 0.5) is 5.69 Å². The molecule has 1 amide bonds. The minimum atomic E-state index is 0.132. The number of aromatic nitrogens is 2. The van der Waals surface area contributed by atoms with Crippen LogP contribution in [0.5, 0.6) is 0 Å². The third kappa shape index (κ3) is 3.15. The highest BCUT2D eigenvalue weighted by atomic mass is 32.2. The van der Waals surface area contributed by atoms with Gasteiger partial charge in [0.1, 0.15) is 5.37 Å². The van der Waals surface area contributed by atoms with Crippen molar-refractivity contribution in [3.63, 3.8) is 0 Å². The van der Waals surface area contributed by atoms with Crippen molar-refractivity contribution in [2.75, 3.05) is 30.3 Å². The van der Waals surface area contributed by atoms with Gasteiger partial charge in [-0.3, -0.25) is 4.79 Å². The Hall–Kier alpha value is -1.95. The van der Waals surface area contributed by atoms with Gasteiger partial charge in [0.25, 0.3) is 0 Å². The van der Waals surface area contributed by atoms with Gasteiger partial charge in [0.05, 0.1) is 12.1 Å². The molecule has 2 aliphatic rings. The largest absolute Gasteiger partial charge is 0.372 e. The van der Waals surface area contributed by atoms with E-state index in [0.29, 0.717) is 5.75 Å². The van der Waals surface area contributed by atoms with Crippen LogP contribution in [0, 0.1) is 0 Å². The maximum atomic E-state index is 12.3. The van der Waals surface area contributed by atoms with Crippen LogP contribution in [0.3, 0.4) is 0 Å². The second kappa shape index (κ2) is 6.89. The first-order chi connectivity index (χ1) is 11.8. The lowest BCUT2D eigenvalue weighted by molar-refractivity contribution is -0.128. The monoisotopic (exact) mass is 342 g/mol. The summed E-state index contributed by atoms with van der Waals surface area (Å²) in [5, 5.41) is 0.132. The maximum Gasteiger partial charge on any atom is 0.233 e. The number of carbonyl (C=O) groups excluding carboxylic acids is 1. The van der Waals surface area contributed by atoms with Crippen molar-refractivity contribution in [2.45, 2.75) is 24.6 Å². The minimum absolute atomic E-state index is 0.132. The van der Waals surface area contributed by atoms with Gasteiger partial charge >= 0.3 is 0 Å². The molecule has 2 aromatic rings. The predicted octanol–water partition coefficient (Wildman–Crippen LogP) is 2.83. The Kier molecular flexibility index (Phi) is 4.47. The molecule has 3 heterocycles. The first-order valence-electron chi connectivity index (χ1n) is 8.54. The Morgan fingerprint density at radius 1 is 1.21 bits per heavy atom. The summed E-state index contributed by atoms with van der Waals surface area (Å²) in [6.45, 7) is 3.05. The molecule has 2 aliphatic heterocycles. The number of nitrogens with zero attached hydrogens (tertiary/aromatic N) is 3. The van der Waals surface area contributed by atoms with E-state index in [2.05, 4.69) is 39.1 Å². The van der Waals surface area contributed by atoms with E-state index < -0.39 is 0 Å². The van der Waals surface area contributed by atoms with Crippen LogP contribution in [0.1, 0.15) is 29.5 Å². The summed E-state index contributed by atoms with van der Waals surface area (Å²) in [5.74, 6) is 0.801. The zero-order chi connectivity index (χ0) is 16.4. The Morgan fingerprint density at radius 2 is 2.00 bits per heavy atom. The first-order valence-corrected chi connectivity index (χ1v) is 9.59. The molecule has 0 spiro atoms. The normalized spacial score (nSPS) is 21.0. The number of imidazole rings is 1. The molecule has 24 heavy (non-hydrogen) atoms. The molecule has 126 valence electrons. The second-order valence-corrected chi connectivity index (χ2v) is 7.43. The van der Waals surface area contributed by atoms with Crippen LogP contribution >= 0.6 is 11.8 Å². The fraction of sp³-hybridized carbons (Fsp3) is 0.444. The number of H-pyrrole nitrogens is 1. The number of aromatic amines is 1. The standard InChI is InChI=1S/C18H22N4OS/c23-17-12-24-18(22(17)10-7-15-11-19-13-20-15)14-3-5-16(6-4-14)21-8-1-2-9-21/h3-6,11,13,18H,1-2,7-10,12H2,(H,19,20). The van der Waals surface area contributed by atoms with Crippen molar-refractivity contribution >= 4 is 23.4 Å². The summed E-state index contributed by atoms with van der Waals surface area (Å²) < 4.78 is 0. The van der Waals surface area contributed by atoms with E-state index in [9.17, 15) is 4.79 Å². The molecule has 5 nitrogen and oxygen atoms in total. The van der Waals surface area contributed by atoms with Gasteiger partial charge in [-0.2, -0.15) is 0 Å². The number of thioether (sulfide) groups is 1. The van der Waals surface area contributed by atoms with E-state index in [4.69, 9.17) is 0 Å². The molecule has 2 saturated heterocycles. The van der Waals surface area contributed by atoms with Gasteiger partial charge < -0.3 is 14.8 Å². The van der Waals surface area contributed by atoms with Crippen LogP contribution in [-0.4, -0.2) is 46.2 Å². The number of hydrogen-bond donors (Lipinski definition) is 1. The smallest absolute Gasteiger partial charge is 0.233 e. The summed E-state index contributed by atoms with van der Waals surface area (Å²) in [4.78, 5) is 23.8. The Morgan fingerprint density at radius 3 is 2.71 bits per heavy atom. The molecule has 1 unspecified atom stereocenters. The third-order valence-corrected chi connectivity index (χ3v) is 6.05. The first kappa shape index (κ1) is 15.6. The summed E-state index contributed by atoms with van der Waals surface area (Å²) in [5.41, 5.74) is 3.59. The van der Waals surface area contributed by atoms with E-state index in [-0.39, 0.29) is 11.3 Å². The van der Waals surface area contributed by atoms with Crippen molar-refractivity contribution in [3.05, 3.63) is 48.0 Å². The van der Waals surface area contributed by atoms with E-state index in [1.165, 1.54) is 24.1 Å². The Bertz CT molecular complexity index is 680. The molecule has 1 aromatic heterocycles. The zero-order valence-corrected chi connectivity index (χ0v) is 14.5. The molecular weight excluding hydrogens is 320 g/mol. The molecular formula is C18H22N4OS. The number of rotatable bonds is 5. The van der Waals surface area contributed by atoms with Gasteiger partial charge in [0, 0.05) is 43.6 Å². The highest BCUT2D eigenvalue weighted by Gasteiger charge is 2.32. The molecule has 0 radical (unpaired) electrons. The van der Waals surface area contributed by atoms with E-state index in [1.54, 1.807) is 18.1 Å². The highest BCUT2D eigenvalue weighted by molar-refractivity contribution is 8.00. The van der Waals surface area contributed by atoms with Crippen molar-refractivity contribution in [1.82, 2.24) is 14.9 Å². The van der Waals surface area contributed by atoms with Crippen LogP contribution in [-0.2, 0) is 11.2 Å². The van der Waals surface area contributed by atoms with Crippen molar-refractivity contribution < 1.29 is 4.79 Å². The second-order valence-electron chi connectivity index (χ2n) is 6.36. The minimum Gasteiger partial charge on any atom is -0.372 e. The number of anilines is 1. The lowest BCUT2D eigenvalue weighted by Crippen LogP contribution is -2.30. The van der Waals surface area contributed by atoms with Crippen LogP contribution < -0.4 is 4.90 Å². The van der Waals surface area contributed by atoms with E-state index in [0.717, 1.165) is 31.7 Å². The molecule has 0 aliphatic carbocycles. The summed E-state index contributed by atoms with van der Waals surface area (Å²) in [7, 11) is 0. The van der Waals surface area contributed by atoms with Crippen LogP contribution in [0.25, 0.3) is 0 Å². The number of hydrogen-bond acceptors (Lipinski definition) is 4. The Labute approximate surface area is 146 Å². The van der Waals surface area contributed by atoms with Gasteiger partial charge in [0.15, 0.2) is 0 Å². The molecule has 6 heteroatoms. The van der Waals surface area contributed by atoms with Gasteiger partial charge in [-0.15, -0.1) is 11.8 Å². The lowest BCUT2D eigenvalue weighted by Gasteiger charge is -2.25. The highest BCUT2D eigenvalue weighted by Crippen LogP contribution is 2.39. The van der Waals surface area contributed by atoms with Gasteiger partial charge in [-0.1, -0.05) is 12.1 Å². The maximum absolute atomic E-state index is 12.3. The number of amides is 1. The number of carbonyl (C=O) groups is 1. The molecule has 0 saturated carbocycles. The van der Waals surface area contributed by atoms with E-state index in [1.807, 2.05) is 11.1 Å². The van der Waals surface area contributed by atoms with Crippen molar-refractivity contribution in [3.8, 4) is 0 Å². The number of nitrogens with one attached hydrogen (secondary N) is 1. The van der Waals surface area contributed by atoms with E-state index >= 15 is 0 Å². The average Bonchev–Trinajstić information content (AvgIpc) is 3.36. The quantitative estimate of drug-likeness (QED) is 0.908. The zero-order valence-electron chi connectivity index (χ0n) is 13.6. The van der Waals surface area contributed by atoms with Gasteiger partial charge in [0.2, 0.25) is 5.91 Å². The van der Waals surface area contributed by atoms with Crippen molar-refractivity contribution in [2.24, 2.45) is 0 Å². The summed E-state index contributed by atoms with van der Waals surface area (Å²) in [6, 6.07) is 8.79. The third-order valence-electron chi connectivity index (χ3n) is 4.79. The van der Waals surface area contributed by atoms with Crippen LogP contribution in [0.15, 0.2) is 36.8 Å². The fourth-order valence-corrected chi connectivity index (χ4v) is 4.68. The van der Waals surface area contributed by atoms with Crippen molar-refractivity contribution in [1.29, 1.82) is 0 Å². The fourth-order valence-electron chi connectivity index (χ4n) is 3.46. The molecule has 2 fully saturated rings. The SMILES string of the molecule is O=C1CSC(c2ccc(N3CCCC3)cc2)N1CCc1cnc[nH]1. The molecule has 1 N–H and O–H groups in total. The van der Waals surface area contributed by atoms with Gasteiger partial charge in [-0.25, -0.2) is 4.98 Å². The number of benzene rings is 1. The topological polar surface area (TPSA) is 52.2 Å². The molecule has 1 aromatic carbocycles. The molecule has 1 atom stereocenters. The molecule has 0 bridgehead atoms. The predicted molar refractivity (Wildman–Crippen MR) is 97.1 cm³/mol. The average molecular weight is 342 g/mol. The lowest BCUT2D eigenvalue weighted by atomic mass is 10.1. The molecule has 4 rings (SSSR count). The Balaban J connectivity index is 1.45.